The van der Waals surface area contributed by atoms with Crippen molar-refractivity contribution >= 4 is 0 Å². The first-order valence-electron chi connectivity index (χ1n) is 7.89. The minimum absolute atomic E-state index is 0.0682. The van der Waals surface area contributed by atoms with E-state index in [1.807, 2.05) is 0 Å². The highest BCUT2D eigenvalue weighted by molar-refractivity contribution is 5.30. The zero-order valence-corrected chi connectivity index (χ0v) is 13.1. The lowest BCUT2D eigenvalue weighted by molar-refractivity contribution is 0.0765. The van der Waals surface area contributed by atoms with Crippen molar-refractivity contribution in [3.8, 4) is 0 Å². The van der Waals surface area contributed by atoms with Gasteiger partial charge in [0.05, 0.1) is 6.10 Å². The second-order valence-corrected chi connectivity index (χ2v) is 5.79. The number of halogens is 2. The minimum atomic E-state index is -0.464. The summed E-state index contributed by atoms with van der Waals surface area (Å²) in [6.07, 6.45) is 2.70. The lowest BCUT2D eigenvalue weighted by atomic mass is 9.85. The van der Waals surface area contributed by atoms with Crippen molar-refractivity contribution < 1.29 is 13.5 Å². The Hall–Kier alpha value is -1.00. The smallest absolute Gasteiger partial charge is 0.133 e. The second kappa shape index (κ2) is 7.32. The standard InChI is InChI=1S/C17H25F2NO/c1-4-9-20-17(12-8-10-21-14(12)5-2)15-13(18)7-6-11(3)16(15)19/h6-7,12,14,17,20H,4-5,8-10H2,1-3H3. The Kier molecular flexibility index (Phi) is 5.71. The predicted octanol–water partition coefficient (Wildman–Crippen LogP) is 4.13. The lowest BCUT2D eigenvalue weighted by Gasteiger charge is -2.29. The molecule has 0 saturated carbocycles. The highest BCUT2D eigenvalue weighted by Gasteiger charge is 2.37. The molecule has 3 atom stereocenters. The van der Waals surface area contributed by atoms with E-state index in [9.17, 15) is 8.78 Å². The number of benzene rings is 1. The van der Waals surface area contributed by atoms with Gasteiger partial charge in [-0.05, 0) is 44.4 Å². The number of hydrogen-bond acceptors (Lipinski definition) is 2. The molecule has 0 radical (unpaired) electrons. The average molecular weight is 297 g/mol. The zero-order chi connectivity index (χ0) is 15.4. The number of hydrogen-bond donors (Lipinski definition) is 1. The molecule has 2 rings (SSSR count). The van der Waals surface area contributed by atoms with Crippen molar-refractivity contribution in [1.29, 1.82) is 0 Å². The molecule has 0 bridgehead atoms. The van der Waals surface area contributed by atoms with E-state index in [2.05, 4.69) is 19.2 Å². The Morgan fingerprint density at radius 1 is 1.33 bits per heavy atom. The predicted molar refractivity (Wildman–Crippen MR) is 80.3 cm³/mol. The molecule has 0 aromatic heterocycles. The van der Waals surface area contributed by atoms with Crippen LogP contribution in [0.2, 0.25) is 0 Å². The Labute approximate surface area is 125 Å². The van der Waals surface area contributed by atoms with Gasteiger partial charge in [-0.3, -0.25) is 0 Å². The molecule has 0 amide bonds. The lowest BCUT2D eigenvalue weighted by Crippen LogP contribution is -2.34. The minimum Gasteiger partial charge on any atom is -0.378 e. The van der Waals surface area contributed by atoms with Gasteiger partial charge in [0.2, 0.25) is 0 Å². The van der Waals surface area contributed by atoms with Gasteiger partial charge in [0, 0.05) is 24.1 Å². The van der Waals surface area contributed by atoms with Crippen molar-refractivity contribution in [2.24, 2.45) is 5.92 Å². The van der Waals surface area contributed by atoms with E-state index in [-0.39, 0.29) is 23.6 Å². The van der Waals surface area contributed by atoms with Crippen LogP contribution < -0.4 is 5.32 Å². The fourth-order valence-corrected chi connectivity index (χ4v) is 3.20. The van der Waals surface area contributed by atoms with Crippen LogP contribution in [-0.2, 0) is 4.74 Å². The van der Waals surface area contributed by atoms with E-state index in [0.29, 0.717) is 12.2 Å². The Morgan fingerprint density at radius 3 is 2.76 bits per heavy atom. The number of rotatable bonds is 6. The van der Waals surface area contributed by atoms with Gasteiger partial charge in [-0.15, -0.1) is 0 Å². The summed E-state index contributed by atoms with van der Waals surface area (Å²) in [4.78, 5) is 0. The van der Waals surface area contributed by atoms with E-state index < -0.39 is 11.6 Å². The normalized spacial score (nSPS) is 23.5. The van der Waals surface area contributed by atoms with Crippen molar-refractivity contribution in [2.75, 3.05) is 13.2 Å². The summed E-state index contributed by atoms with van der Waals surface area (Å²) < 4.78 is 34.5. The van der Waals surface area contributed by atoms with Gasteiger partial charge in [0.25, 0.3) is 0 Å². The molecule has 1 saturated heterocycles. The van der Waals surface area contributed by atoms with Crippen molar-refractivity contribution in [3.63, 3.8) is 0 Å². The van der Waals surface area contributed by atoms with Crippen LogP contribution in [0.15, 0.2) is 12.1 Å². The van der Waals surface area contributed by atoms with Crippen molar-refractivity contribution in [2.45, 2.75) is 52.2 Å². The summed E-state index contributed by atoms with van der Waals surface area (Å²) in [5.74, 6) is -0.772. The highest BCUT2D eigenvalue weighted by Crippen LogP contribution is 2.37. The maximum absolute atomic E-state index is 14.5. The SMILES string of the molecule is CCCNC(c1c(F)ccc(C)c1F)C1CCOC1CC. The van der Waals surface area contributed by atoms with Gasteiger partial charge < -0.3 is 10.1 Å². The van der Waals surface area contributed by atoms with Gasteiger partial charge in [-0.1, -0.05) is 19.9 Å². The third-order valence-electron chi connectivity index (χ3n) is 4.34. The number of nitrogens with one attached hydrogen (secondary N) is 1. The fraction of sp³-hybridized carbons (Fsp3) is 0.647. The van der Waals surface area contributed by atoms with Gasteiger partial charge in [0.15, 0.2) is 0 Å². The molecule has 1 aliphatic rings. The van der Waals surface area contributed by atoms with E-state index in [0.717, 1.165) is 25.8 Å². The molecular weight excluding hydrogens is 272 g/mol. The third kappa shape index (κ3) is 3.43. The van der Waals surface area contributed by atoms with Crippen LogP contribution >= 0.6 is 0 Å². The Balaban J connectivity index is 2.38. The molecule has 1 heterocycles. The maximum Gasteiger partial charge on any atom is 0.133 e. The third-order valence-corrected chi connectivity index (χ3v) is 4.34. The van der Waals surface area contributed by atoms with Crippen LogP contribution in [0.1, 0.15) is 50.3 Å². The molecular formula is C17H25F2NO. The summed E-state index contributed by atoms with van der Waals surface area (Å²) in [6.45, 7) is 7.20. The molecule has 1 aliphatic heterocycles. The van der Waals surface area contributed by atoms with Crippen LogP contribution in [0.3, 0.4) is 0 Å². The first kappa shape index (κ1) is 16.4. The second-order valence-electron chi connectivity index (χ2n) is 5.79. The maximum atomic E-state index is 14.5. The van der Waals surface area contributed by atoms with Gasteiger partial charge >= 0.3 is 0 Å². The van der Waals surface area contributed by atoms with Crippen LogP contribution in [0.25, 0.3) is 0 Å². The molecule has 0 spiro atoms. The van der Waals surface area contributed by atoms with Crippen molar-refractivity contribution in [3.05, 3.63) is 34.9 Å². The fourth-order valence-electron chi connectivity index (χ4n) is 3.20. The number of ether oxygens (including phenoxy) is 1. The van der Waals surface area contributed by atoms with E-state index in [1.165, 1.54) is 12.1 Å². The average Bonchev–Trinajstić information content (AvgIpc) is 2.95. The topological polar surface area (TPSA) is 21.3 Å². The summed E-state index contributed by atoms with van der Waals surface area (Å²) in [7, 11) is 0. The van der Waals surface area contributed by atoms with E-state index >= 15 is 0 Å². The summed E-state index contributed by atoms with van der Waals surface area (Å²) >= 11 is 0. The highest BCUT2D eigenvalue weighted by atomic mass is 19.1. The molecule has 0 aliphatic carbocycles. The van der Waals surface area contributed by atoms with E-state index in [4.69, 9.17) is 4.74 Å². The van der Waals surface area contributed by atoms with Crippen LogP contribution in [0, 0.1) is 24.5 Å². The zero-order valence-electron chi connectivity index (χ0n) is 13.1. The molecule has 1 fully saturated rings. The summed E-state index contributed by atoms with van der Waals surface area (Å²) in [5.41, 5.74) is 0.666. The largest absolute Gasteiger partial charge is 0.378 e. The van der Waals surface area contributed by atoms with Crippen molar-refractivity contribution in [1.82, 2.24) is 5.32 Å². The Morgan fingerprint density at radius 2 is 2.10 bits per heavy atom. The summed E-state index contributed by atoms with van der Waals surface area (Å²) in [5, 5.41) is 3.34. The molecule has 3 unspecified atom stereocenters. The molecule has 1 aromatic carbocycles. The van der Waals surface area contributed by atoms with Gasteiger partial charge in [-0.2, -0.15) is 0 Å². The monoisotopic (exact) mass is 297 g/mol. The quantitative estimate of drug-likeness (QED) is 0.852. The molecule has 21 heavy (non-hydrogen) atoms. The molecule has 4 heteroatoms. The summed E-state index contributed by atoms with van der Waals surface area (Å²) in [6, 6.07) is 2.54. The molecule has 118 valence electrons. The number of aryl methyl sites for hydroxylation is 1. The Bertz CT molecular complexity index is 478. The first-order valence-corrected chi connectivity index (χ1v) is 7.89. The van der Waals surface area contributed by atoms with Crippen LogP contribution in [0.4, 0.5) is 8.78 Å². The van der Waals surface area contributed by atoms with Gasteiger partial charge in [-0.25, -0.2) is 8.78 Å². The van der Waals surface area contributed by atoms with Gasteiger partial charge in [0.1, 0.15) is 11.6 Å². The molecule has 1 N–H and O–H groups in total. The van der Waals surface area contributed by atoms with Crippen LogP contribution in [0.5, 0.6) is 0 Å². The van der Waals surface area contributed by atoms with Crippen LogP contribution in [-0.4, -0.2) is 19.3 Å². The molecule has 2 nitrogen and oxygen atoms in total. The molecule has 1 aromatic rings. The van der Waals surface area contributed by atoms with E-state index in [1.54, 1.807) is 6.92 Å². The first-order chi connectivity index (χ1) is 10.1.